The molecule has 4 heteroatoms. The standard InChI is InChI=1S/C12H17ClFNO/c1-8(2)15-7-9(3)16-10-4-5-11(13)12(14)6-10/h4-6,8-9,15H,7H2,1-3H3. The molecule has 1 rings (SSSR count). The molecule has 0 heterocycles. The Kier molecular flexibility index (Phi) is 5.03. The fourth-order valence-corrected chi connectivity index (χ4v) is 1.34. The Morgan fingerprint density at radius 1 is 1.38 bits per heavy atom. The van der Waals surface area contributed by atoms with Crippen molar-refractivity contribution in [2.75, 3.05) is 6.54 Å². The predicted molar refractivity (Wildman–Crippen MR) is 64.6 cm³/mol. The zero-order valence-electron chi connectivity index (χ0n) is 9.76. The molecule has 0 aliphatic heterocycles. The van der Waals surface area contributed by atoms with E-state index < -0.39 is 5.82 Å². The van der Waals surface area contributed by atoms with E-state index >= 15 is 0 Å². The molecule has 1 aromatic carbocycles. The third-order valence-electron chi connectivity index (χ3n) is 2.04. The monoisotopic (exact) mass is 245 g/mol. The topological polar surface area (TPSA) is 21.3 Å². The minimum absolute atomic E-state index is 0.0111. The fourth-order valence-electron chi connectivity index (χ4n) is 1.23. The summed E-state index contributed by atoms with van der Waals surface area (Å²) in [7, 11) is 0. The van der Waals surface area contributed by atoms with Gasteiger partial charge < -0.3 is 10.1 Å². The molecule has 16 heavy (non-hydrogen) atoms. The summed E-state index contributed by atoms with van der Waals surface area (Å²) in [6, 6.07) is 4.87. The molecule has 0 aliphatic rings. The average molecular weight is 246 g/mol. The van der Waals surface area contributed by atoms with Crippen molar-refractivity contribution in [2.45, 2.75) is 32.9 Å². The lowest BCUT2D eigenvalue weighted by Gasteiger charge is -2.17. The number of nitrogens with one attached hydrogen (secondary N) is 1. The van der Waals surface area contributed by atoms with Crippen LogP contribution in [0.1, 0.15) is 20.8 Å². The molecule has 0 radical (unpaired) electrons. The first-order chi connectivity index (χ1) is 7.49. The van der Waals surface area contributed by atoms with Crippen LogP contribution < -0.4 is 10.1 Å². The Balaban J connectivity index is 2.49. The molecule has 0 fully saturated rings. The molecular formula is C12H17ClFNO. The summed E-state index contributed by atoms with van der Waals surface area (Å²) in [5.41, 5.74) is 0. The average Bonchev–Trinajstić information content (AvgIpc) is 2.21. The molecule has 2 nitrogen and oxygen atoms in total. The zero-order valence-corrected chi connectivity index (χ0v) is 10.5. The van der Waals surface area contributed by atoms with Crippen LogP contribution in [0.3, 0.4) is 0 Å². The second-order valence-electron chi connectivity index (χ2n) is 4.07. The summed E-state index contributed by atoms with van der Waals surface area (Å²) >= 11 is 5.58. The summed E-state index contributed by atoms with van der Waals surface area (Å²) in [6.45, 7) is 6.78. The van der Waals surface area contributed by atoms with Crippen molar-refractivity contribution in [1.82, 2.24) is 5.32 Å². The van der Waals surface area contributed by atoms with Crippen molar-refractivity contribution in [3.63, 3.8) is 0 Å². The van der Waals surface area contributed by atoms with E-state index in [4.69, 9.17) is 16.3 Å². The normalized spacial score (nSPS) is 12.9. The van der Waals surface area contributed by atoms with Crippen molar-refractivity contribution in [1.29, 1.82) is 0 Å². The highest BCUT2D eigenvalue weighted by Crippen LogP contribution is 2.21. The van der Waals surface area contributed by atoms with Crippen LogP contribution >= 0.6 is 11.6 Å². The van der Waals surface area contributed by atoms with E-state index in [1.165, 1.54) is 12.1 Å². The van der Waals surface area contributed by atoms with Crippen LogP contribution in [0.5, 0.6) is 5.75 Å². The molecular weight excluding hydrogens is 229 g/mol. The van der Waals surface area contributed by atoms with Crippen LogP contribution in [0, 0.1) is 5.82 Å². The number of hydrogen-bond donors (Lipinski definition) is 1. The molecule has 0 aromatic heterocycles. The molecule has 0 aliphatic carbocycles. The quantitative estimate of drug-likeness (QED) is 0.860. The number of rotatable bonds is 5. The molecule has 1 N–H and O–H groups in total. The summed E-state index contributed by atoms with van der Waals surface area (Å²) in [5.74, 6) is 0.0446. The molecule has 0 saturated heterocycles. The van der Waals surface area contributed by atoms with E-state index in [0.717, 1.165) is 6.54 Å². The molecule has 1 aromatic rings. The van der Waals surface area contributed by atoms with Crippen LogP contribution in [0.4, 0.5) is 4.39 Å². The Hall–Kier alpha value is -0.800. The lowest BCUT2D eigenvalue weighted by Crippen LogP contribution is -2.33. The molecule has 1 unspecified atom stereocenters. The van der Waals surface area contributed by atoms with Gasteiger partial charge in [-0.3, -0.25) is 0 Å². The fraction of sp³-hybridized carbons (Fsp3) is 0.500. The van der Waals surface area contributed by atoms with Gasteiger partial charge in [-0.1, -0.05) is 25.4 Å². The highest BCUT2D eigenvalue weighted by molar-refractivity contribution is 6.30. The summed E-state index contributed by atoms with van der Waals surface area (Å²) < 4.78 is 18.7. The SMILES string of the molecule is CC(C)NCC(C)Oc1ccc(Cl)c(F)c1. The number of halogens is 2. The van der Waals surface area contributed by atoms with Crippen molar-refractivity contribution in [3.8, 4) is 5.75 Å². The molecule has 1 atom stereocenters. The molecule has 0 saturated carbocycles. The van der Waals surface area contributed by atoms with Crippen LogP contribution in [0.25, 0.3) is 0 Å². The summed E-state index contributed by atoms with van der Waals surface area (Å²) in [4.78, 5) is 0. The highest BCUT2D eigenvalue weighted by atomic mass is 35.5. The predicted octanol–water partition coefficient (Wildman–Crippen LogP) is 3.24. The van der Waals surface area contributed by atoms with E-state index in [-0.39, 0.29) is 11.1 Å². The summed E-state index contributed by atoms with van der Waals surface area (Å²) in [6.07, 6.45) is -0.0111. The number of ether oxygens (including phenoxy) is 1. The minimum Gasteiger partial charge on any atom is -0.489 e. The van der Waals surface area contributed by atoms with E-state index in [1.54, 1.807) is 6.07 Å². The van der Waals surface area contributed by atoms with Crippen LogP contribution in [0.15, 0.2) is 18.2 Å². The Morgan fingerprint density at radius 3 is 2.62 bits per heavy atom. The van der Waals surface area contributed by atoms with Crippen molar-refractivity contribution in [2.24, 2.45) is 0 Å². The maximum atomic E-state index is 13.1. The van der Waals surface area contributed by atoms with Gasteiger partial charge in [0.1, 0.15) is 17.7 Å². The molecule has 90 valence electrons. The van der Waals surface area contributed by atoms with E-state index in [9.17, 15) is 4.39 Å². The lowest BCUT2D eigenvalue weighted by molar-refractivity contribution is 0.213. The molecule has 0 bridgehead atoms. The van der Waals surface area contributed by atoms with Gasteiger partial charge >= 0.3 is 0 Å². The first-order valence-electron chi connectivity index (χ1n) is 5.34. The number of hydrogen-bond acceptors (Lipinski definition) is 2. The maximum Gasteiger partial charge on any atom is 0.145 e. The Morgan fingerprint density at radius 2 is 2.06 bits per heavy atom. The van der Waals surface area contributed by atoms with Gasteiger partial charge in [0.15, 0.2) is 0 Å². The second kappa shape index (κ2) is 6.06. The van der Waals surface area contributed by atoms with Crippen LogP contribution in [-0.2, 0) is 0 Å². The zero-order chi connectivity index (χ0) is 12.1. The first kappa shape index (κ1) is 13.3. The second-order valence-corrected chi connectivity index (χ2v) is 4.47. The highest BCUT2D eigenvalue weighted by Gasteiger charge is 2.07. The van der Waals surface area contributed by atoms with Gasteiger partial charge in [-0.05, 0) is 19.1 Å². The lowest BCUT2D eigenvalue weighted by atomic mass is 10.3. The van der Waals surface area contributed by atoms with Crippen molar-refractivity contribution >= 4 is 11.6 Å². The van der Waals surface area contributed by atoms with E-state index in [2.05, 4.69) is 19.2 Å². The largest absolute Gasteiger partial charge is 0.489 e. The molecule has 0 amide bonds. The molecule has 0 spiro atoms. The van der Waals surface area contributed by atoms with Gasteiger partial charge in [0.2, 0.25) is 0 Å². The minimum atomic E-state index is -0.455. The van der Waals surface area contributed by atoms with Gasteiger partial charge in [-0.2, -0.15) is 0 Å². The van der Waals surface area contributed by atoms with E-state index in [0.29, 0.717) is 11.8 Å². The van der Waals surface area contributed by atoms with Gasteiger partial charge in [-0.25, -0.2) is 4.39 Å². The third-order valence-corrected chi connectivity index (χ3v) is 2.35. The van der Waals surface area contributed by atoms with Crippen LogP contribution in [0.2, 0.25) is 5.02 Å². The van der Waals surface area contributed by atoms with Gasteiger partial charge in [0.05, 0.1) is 5.02 Å². The number of benzene rings is 1. The van der Waals surface area contributed by atoms with Gasteiger partial charge in [-0.15, -0.1) is 0 Å². The van der Waals surface area contributed by atoms with Gasteiger partial charge in [0.25, 0.3) is 0 Å². The van der Waals surface area contributed by atoms with Crippen molar-refractivity contribution < 1.29 is 9.13 Å². The van der Waals surface area contributed by atoms with Gasteiger partial charge in [0, 0.05) is 18.7 Å². The third kappa shape index (κ3) is 4.37. The van der Waals surface area contributed by atoms with E-state index in [1.807, 2.05) is 6.92 Å². The Bertz CT molecular complexity index is 344. The van der Waals surface area contributed by atoms with Crippen molar-refractivity contribution in [3.05, 3.63) is 29.0 Å². The maximum absolute atomic E-state index is 13.1. The summed E-state index contributed by atoms with van der Waals surface area (Å²) in [5, 5.41) is 3.36. The van der Waals surface area contributed by atoms with Crippen LogP contribution in [-0.4, -0.2) is 18.7 Å². The smallest absolute Gasteiger partial charge is 0.145 e. The Labute approximate surface area is 101 Å². The first-order valence-corrected chi connectivity index (χ1v) is 5.72.